The Morgan fingerprint density at radius 2 is 2.08 bits per heavy atom. The van der Waals surface area contributed by atoms with Crippen LogP contribution in [-0.2, 0) is 18.4 Å². The zero-order valence-corrected chi connectivity index (χ0v) is 16.4. The van der Waals surface area contributed by atoms with E-state index in [1.165, 1.54) is 17.3 Å². The lowest BCUT2D eigenvalue weighted by atomic mass is 9.72. The number of fused-ring (bicyclic) bond motifs is 4. The minimum absolute atomic E-state index is 0.0122. The first-order chi connectivity index (χ1) is 12.3. The third kappa shape index (κ3) is 2.43. The van der Waals surface area contributed by atoms with Gasteiger partial charge in [-0.15, -0.1) is 5.10 Å². The molecule has 0 spiro atoms. The Bertz CT molecular complexity index is 1110. The topological polar surface area (TPSA) is 52.2 Å². The Labute approximate surface area is 156 Å². The van der Waals surface area contributed by atoms with Crippen LogP contribution in [0.3, 0.4) is 0 Å². The summed E-state index contributed by atoms with van der Waals surface area (Å²) >= 11 is 1.46. The molecule has 5 nitrogen and oxygen atoms in total. The van der Waals surface area contributed by atoms with Crippen LogP contribution in [-0.4, -0.2) is 25.4 Å². The number of rotatable bonds is 3. The van der Waals surface area contributed by atoms with Crippen LogP contribution < -0.4 is 5.56 Å². The van der Waals surface area contributed by atoms with Crippen LogP contribution in [0, 0.1) is 0 Å². The van der Waals surface area contributed by atoms with E-state index in [1.807, 2.05) is 25.3 Å². The van der Waals surface area contributed by atoms with Crippen LogP contribution >= 0.6 is 11.8 Å². The molecule has 0 saturated carbocycles. The lowest BCUT2D eigenvalue weighted by Crippen LogP contribution is -2.36. The molecule has 1 aliphatic rings. The third-order valence-corrected chi connectivity index (χ3v) is 5.51. The van der Waals surface area contributed by atoms with Crippen molar-refractivity contribution in [1.82, 2.24) is 19.2 Å². The van der Waals surface area contributed by atoms with Crippen molar-refractivity contribution in [3.8, 4) is 11.3 Å². The van der Waals surface area contributed by atoms with Crippen molar-refractivity contribution in [2.45, 2.75) is 44.3 Å². The molecule has 0 N–H and O–H groups in total. The summed E-state index contributed by atoms with van der Waals surface area (Å²) in [7, 11) is 0. The molecule has 0 saturated heterocycles. The maximum absolute atomic E-state index is 13.5. The number of nitrogens with zero attached hydrogens (tertiary/aromatic N) is 4. The molecule has 0 amide bonds. The Morgan fingerprint density at radius 3 is 2.77 bits per heavy atom. The fourth-order valence-corrected chi connectivity index (χ4v) is 4.34. The average Bonchev–Trinajstić information content (AvgIpc) is 2.91. The number of thioether (sulfide) groups is 1. The fourth-order valence-electron chi connectivity index (χ4n) is 3.82. The Morgan fingerprint density at radius 1 is 1.35 bits per heavy atom. The van der Waals surface area contributed by atoms with Crippen molar-refractivity contribution >= 4 is 17.5 Å². The van der Waals surface area contributed by atoms with Crippen molar-refractivity contribution < 1.29 is 0 Å². The molecule has 2 heterocycles. The van der Waals surface area contributed by atoms with Crippen molar-refractivity contribution in [2.75, 3.05) is 6.26 Å². The summed E-state index contributed by atoms with van der Waals surface area (Å²) in [4.78, 5) is 18.5. The summed E-state index contributed by atoms with van der Waals surface area (Å²) in [6.07, 6.45) is 2.76. The summed E-state index contributed by atoms with van der Waals surface area (Å²) < 4.78 is 3.43. The van der Waals surface area contributed by atoms with Crippen LogP contribution in [0.15, 0.2) is 46.4 Å². The van der Waals surface area contributed by atoms with Crippen LogP contribution in [0.5, 0.6) is 0 Å². The number of hydrogen-bond donors (Lipinski definition) is 0. The summed E-state index contributed by atoms with van der Waals surface area (Å²) in [5.74, 6) is 0.577. The molecule has 1 aromatic carbocycles. The van der Waals surface area contributed by atoms with Crippen LogP contribution in [0.1, 0.15) is 31.9 Å². The minimum Gasteiger partial charge on any atom is -0.268 e. The van der Waals surface area contributed by atoms with Crippen molar-refractivity contribution in [3.05, 3.63) is 57.9 Å². The molecule has 6 heteroatoms. The first kappa shape index (κ1) is 17.1. The molecule has 0 fully saturated rings. The van der Waals surface area contributed by atoms with E-state index in [0.717, 1.165) is 28.8 Å². The van der Waals surface area contributed by atoms with Gasteiger partial charge in [-0.1, -0.05) is 62.0 Å². The maximum Gasteiger partial charge on any atom is 0.265 e. The lowest BCUT2D eigenvalue weighted by molar-refractivity contribution is 0.505. The van der Waals surface area contributed by atoms with Gasteiger partial charge in [-0.2, -0.15) is 0 Å². The number of benzene rings is 1. The zero-order valence-electron chi connectivity index (χ0n) is 15.5. The van der Waals surface area contributed by atoms with E-state index >= 15 is 0 Å². The molecule has 0 radical (unpaired) electrons. The zero-order chi connectivity index (χ0) is 18.6. The van der Waals surface area contributed by atoms with Gasteiger partial charge in [-0.3, -0.25) is 4.79 Å². The fraction of sp³-hybridized carbons (Fsp3) is 0.350. The Balaban J connectivity index is 2.14. The summed E-state index contributed by atoms with van der Waals surface area (Å²) in [5.41, 5.74) is 4.53. The van der Waals surface area contributed by atoms with Gasteiger partial charge >= 0.3 is 0 Å². The summed E-state index contributed by atoms with van der Waals surface area (Å²) in [6, 6.07) is 8.23. The molecule has 1 aliphatic carbocycles. The monoisotopic (exact) mass is 366 g/mol. The second-order valence-electron chi connectivity index (χ2n) is 7.60. The van der Waals surface area contributed by atoms with Gasteiger partial charge in [0.1, 0.15) is 0 Å². The second-order valence-corrected chi connectivity index (χ2v) is 8.37. The number of allylic oxidation sites excluding steroid dienone is 1. The van der Waals surface area contributed by atoms with Gasteiger partial charge < -0.3 is 0 Å². The van der Waals surface area contributed by atoms with E-state index in [0.29, 0.717) is 17.5 Å². The standard InChI is InChI=1S/C20H22N4OS/c1-12(2)11-23-18-21-16-14-9-7-6-8-13(14)10-20(3,4)15(16)17(25)24(18)19(22-23)26-5/h6-9H,1,10-11H2,2-5H3. The number of aromatic nitrogens is 4. The first-order valence-corrected chi connectivity index (χ1v) is 9.86. The van der Waals surface area contributed by atoms with E-state index in [1.54, 1.807) is 9.08 Å². The van der Waals surface area contributed by atoms with Crippen molar-refractivity contribution in [2.24, 2.45) is 0 Å². The SMILES string of the molecule is C=C(C)Cn1nc(SC)n2c(=O)c3c(nc12)-c1ccccc1CC3(C)C. The highest BCUT2D eigenvalue weighted by Gasteiger charge is 2.36. The lowest BCUT2D eigenvalue weighted by Gasteiger charge is -2.32. The van der Waals surface area contributed by atoms with E-state index in [9.17, 15) is 4.79 Å². The summed E-state index contributed by atoms with van der Waals surface area (Å²) in [6.45, 7) is 10.7. The second kappa shape index (κ2) is 5.84. The number of hydrogen-bond acceptors (Lipinski definition) is 4. The predicted molar refractivity (Wildman–Crippen MR) is 106 cm³/mol. The van der Waals surface area contributed by atoms with Gasteiger partial charge in [-0.25, -0.2) is 14.1 Å². The summed E-state index contributed by atoms with van der Waals surface area (Å²) in [5, 5.41) is 5.27. The molecular formula is C20H22N4OS. The van der Waals surface area contributed by atoms with E-state index in [2.05, 4.69) is 37.7 Å². The van der Waals surface area contributed by atoms with Gasteiger partial charge in [0.2, 0.25) is 5.78 Å². The van der Waals surface area contributed by atoms with Gasteiger partial charge in [0.25, 0.3) is 5.56 Å². The molecule has 0 unspecified atom stereocenters. The van der Waals surface area contributed by atoms with Gasteiger partial charge in [0.15, 0.2) is 5.16 Å². The Kier molecular flexibility index (Phi) is 3.84. The maximum atomic E-state index is 13.5. The van der Waals surface area contributed by atoms with Crippen molar-refractivity contribution in [1.29, 1.82) is 0 Å². The van der Waals surface area contributed by atoms with E-state index in [4.69, 9.17) is 4.98 Å². The third-order valence-electron chi connectivity index (χ3n) is 4.88. The molecule has 134 valence electrons. The van der Waals surface area contributed by atoms with Crippen molar-refractivity contribution in [3.63, 3.8) is 0 Å². The van der Waals surface area contributed by atoms with Crippen LogP contribution in [0.2, 0.25) is 0 Å². The Hall–Kier alpha value is -2.34. The smallest absolute Gasteiger partial charge is 0.265 e. The van der Waals surface area contributed by atoms with Gasteiger partial charge in [-0.05, 0) is 25.2 Å². The quantitative estimate of drug-likeness (QED) is 0.524. The average molecular weight is 366 g/mol. The molecule has 3 aromatic rings. The normalized spacial score (nSPS) is 14.9. The first-order valence-electron chi connectivity index (χ1n) is 8.64. The highest BCUT2D eigenvalue weighted by atomic mass is 32.2. The van der Waals surface area contributed by atoms with Gasteiger partial charge in [0.05, 0.1) is 17.8 Å². The minimum atomic E-state index is -0.277. The predicted octanol–water partition coefficient (Wildman–Crippen LogP) is 3.69. The van der Waals surface area contributed by atoms with E-state index in [-0.39, 0.29) is 11.0 Å². The highest BCUT2D eigenvalue weighted by Crippen LogP contribution is 2.40. The molecule has 2 aromatic heterocycles. The van der Waals surface area contributed by atoms with Crippen LogP contribution in [0.4, 0.5) is 0 Å². The largest absolute Gasteiger partial charge is 0.268 e. The molecular weight excluding hydrogens is 344 g/mol. The molecule has 0 atom stereocenters. The van der Waals surface area contributed by atoms with Gasteiger partial charge in [0, 0.05) is 11.0 Å². The highest BCUT2D eigenvalue weighted by molar-refractivity contribution is 7.98. The molecule has 0 bridgehead atoms. The molecule has 0 aliphatic heterocycles. The molecule has 4 rings (SSSR count). The van der Waals surface area contributed by atoms with Crippen LogP contribution in [0.25, 0.3) is 17.0 Å². The van der Waals surface area contributed by atoms with E-state index < -0.39 is 0 Å². The molecule has 26 heavy (non-hydrogen) atoms.